The number of carboxylic acids is 1. The Balaban J connectivity index is 2.28. The zero-order valence-corrected chi connectivity index (χ0v) is 11.4. The Morgan fingerprint density at radius 1 is 1.58 bits per heavy atom. The zero-order valence-electron chi connectivity index (χ0n) is 10.5. The van der Waals surface area contributed by atoms with Crippen molar-refractivity contribution in [3.8, 4) is 0 Å². The Morgan fingerprint density at radius 3 is 2.95 bits per heavy atom. The Kier molecular flexibility index (Phi) is 4.01. The van der Waals surface area contributed by atoms with Gasteiger partial charge in [0.05, 0.1) is 24.0 Å². The summed E-state index contributed by atoms with van der Waals surface area (Å²) in [5, 5.41) is 11.1. The first-order chi connectivity index (χ1) is 9.11. The molecule has 0 aromatic carbocycles. The average molecular weight is 277 g/mol. The third-order valence-corrected chi connectivity index (χ3v) is 3.64. The summed E-state index contributed by atoms with van der Waals surface area (Å²) in [5.41, 5.74) is 5.88. The van der Waals surface area contributed by atoms with Crippen molar-refractivity contribution in [1.29, 1.82) is 0 Å². The number of nitrogens with two attached hydrogens (primary N) is 1. The van der Waals surface area contributed by atoms with E-state index in [1.165, 1.54) is 17.1 Å². The number of hydrogen-bond donors (Lipinski definition) is 2. The van der Waals surface area contributed by atoms with Crippen LogP contribution in [0.2, 0.25) is 0 Å². The Hall–Kier alpha value is -2.08. The lowest BCUT2D eigenvalue weighted by atomic mass is 10.2. The van der Waals surface area contributed by atoms with Crippen molar-refractivity contribution in [2.45, 2.75) is 13.5 Å². The summed E-state index contributed by atoms with van der Waals surface area (Å²) in [4.78, 5) is 18.5. The van der Waals surface area contributed by atoms with Gasteiger partial charge in [-0.15, -0.1) is 11.3 Å². The molecule has 2 aromatic rings. The number of nitrogens with zero attached hydrogens (tertiary/aromatic N) is 2. The quantitative estimate of drug-likeness (QED) is 0.877. The van der Waals surface area contributed by atoms with Crippen molar-refractivity contribution < 1.29 is 9.90 Å². The summed E-state index contributed by atoms with van der Waals surface area (Å²) in [6.45, 7) is 3.46. The Bertz CT molecular complexity index is 569. The van der Waals surface area contributed by atoms with Crippen LogP contribution in [0.4, 0.5) is 11.5 Å². The highest BCUT2D eigenvalue weighted by Gasteiger charge is 2.13. The summed E-state index contributed by atoms with van der Waals surface area (Å²) >= 11 is 1.66. The second-order valence-electron chi connectivity index (χ2n) is 4.03. The topological polar surface area (TPSA) is 79.5 Å². The molecule has 0 bridgehead atoms. The van der Waals surface area contributed by atoms with Gasteiger partial charge in [0, 0.05) is 11.4 Å². The molecule has 19 heavy (non-hydrogen) atoms. The number of carbonyl (C=O) groups is 1. The highest BCUT2D eigenvalue weighted by Crippen LogP contribution is 2.21. The van der Waals surface area contributed by atoms with E-state index in [4.69, 9.17) is 10.8 Å². The van der Waals surface area contributed by atoms with Gasteiger partial charge in [-0.05, 0) is 24.4 Å². The molecule has 0 fully saturated rings. The van der Waals surface area contributed by atoms with E-state index < -0.39 is 5.97 Å². The molecule has 0 atom stereocenters. The molecule has 0 saturated heterocycles. The van der Waals surface area contributed by atoms with Gasteiger partial charge in [-0.25, -0.2) is 9.78 Å². The SMILES string of the molecule is CCN(Cc1cccs1)c1cc(C(=O)O)c(N)cn1. The molecule has 100 valence electrons. The summed E-state index contributed by atoms with van der Waals surface area (Å²) in [6.07, 6.45) is 1.40. The molecule has 2 aromatic heterocycles. The molecule has 0 aliphatic carbocycles. The predicted molar refractivity (Wildman–Crippen MR) is 76.7 cm³/mol. The number of anilines is 2. The van der Waals surface area contributed by atoms with Crippen LogP contribution in [0.15, 0.2) is 29.8 Å². The lowest BCUT2D eigenvalue weighted by molar-refractivity contribution is 0.0698. The number of aromatic nitrogens is 1. The number of pyridine rings is 1. The van der Waals surface area contributed by atoms with Crippen LogP contribution in [-0.2, 0) is 6.54 Å². The number of nitrogen functional groups attached to an aromatic ring is 1. The van der Waals surface area contributed by atoms with Crippen molar-refractivity contribution in [3.05, 3.63) is 40.2 Å². The van der Waals surface area contributed by atoms with E-state index in [0.717, 1.165) is 6.54 Å². The fourth-order valence-electron chi connectivity index (χ4n) is 1.76. The molecule has 5 nitrogen and oxygen atoms in total. The van der Waals surface area contributed by atoms with E-state index in [1.807, 2.05) is 29.3 Å². The smallest absolute Gasteiger partial charge is 0.337 e. The average Bonchev–Trinajstić information content (AvgIpc) is 2.89. The van der Waals surface area contributed by atoms with Crippen molar-refractivity contribution >= 4 is 28.8 Å². The van der Waals surface area contributed by atoms with Crippen molar-refractivity contribution in [1.82, 2.24) is 4.98 Å². The number of rotatable bonds is 5. The van der Waals surface area contributed by atoms with Gasteiger partial charge >= 0.3 is 5.97 Å². The maximum absolute atomic E-state index is 11.1. The van der Waals surface area contributed by atoms with Gasteiger partial charge in [0.25, 0.3) is 0 Å². The first kappa shape index (κ1) is 13.4. The first-order valence-electron chi connectivity index (χ1n) is 5.88. The molecule has 0 radical (unpaired) electrons. The van der Waals surface area contributed by atoms with Gasteiger partial charge in [0.15, 0.2) is 0 Å². The minimum absolute atomic E-state index is 0.0922. The molecule has 6 heteroatoms. The van der Waals surface area contributed by atoms with Crippen LogP contribution in [0.1, 0.15) is 22.2 Å². The lowest BCUT2D eigenvalue weighted by Crippen LogP contribution is -2.23. The van der Waals surface area contributed by atoms with E-state index in [1.54, 1.807) is 11.3 Å². The molecule has 0 aliphatic rings. The third-order valence-electron chi connectivity index (χ3n) is 2.78. The van der Waals surface area contributed by atoms with Gasteiger partial charge in [-0.2, -0.15) is 0 Å². The van der Waals surface area contributed by atoms with Crippen LogP contribution in [0.25, 0.3) is 0 Å². The Labute approximate surface area is 115 Å². The molecule has 3 N–H and O–H groups in total. The number of aromatic carboxylic acids is 1. The van der Waals surface area contributed by atoms with Gasteiger partial charge < -0.3 is 15.7 Å². The molecule has 0 aliphatic heterocycles. The molecule has 0 spiro atoms. The van der Waals surface area contributed by atoms with Gasteiger partial charge in [-0.1, -0.05) is 6.07 Å². The highest BCUT2D eigenvalue weighted by molar-refractivity contribution is 7.09. The van der Waals surface area contributed by atoms with E-state index in [2.05, 4.69) is 4.98 Å². The molecule has 0 amide bonds. The van der Waals surface area contributed by atoms with E-state index >= 15 is 0 Å². The van der Waals surface area contributed by atoms with E-state index in [-0.39, 0.29) is 11.3 Å². The second kappa shape index (κ2) is 5.71. The van der Waals surface area contributed by atoms with Crippen molar-refractivity contribution in [2.75, 3.05) is 17.2 Å². The van der Waals surface area contributed by atoms with Gasteiger partial charge in [0.2, 0.25) is 0 Å². The van der Waals surface area contributed by atoms with Gasteiger partial charge in [-0.3, -0.25) is 0 Å². The molecule has 2 heterocycles. The van der Waals surface area contributed by atoms with Crippen LogP contribution in [-0.4, -0.2) is 22.6 Å². The van der Waals surface area contributed by atoms with Crippen LogP contribution < -0.4 is 10.6 Å². The standard InChI is InChI=1S/C13H15N3O2S/c1-2-16(8-9-4-3-5-19-9)12-6-10(13(17)18)11(14)7-15-12/h3-7H,2,8,14H2,1H3,(H,17,18). The fourth-order valence-corrected chi connectivity index (χ4v) is 2.48. The molecular formula is C13H15N3O2S. The largest absolute Gasteiger partial charge is 0.478 e. The third kappa shape index (κ3) is 3.03. The van der Waals surface area contributed by atoms with Crippen LogP contribution in [0.5, 0.6) is 0 Å². The maximum Gasteiger partial charge on any atom is 0.337 e. The summed E-state index contributed by atoms with van der Waals surface area (Å²) in [6, 6.07) is 5.56. The maximum atomic E-state index is 11.1. The number of hydrogen-bond acceptors (Lipinski definition) is 5. The summed E-state index contributed by atoms with van der Waals surface area (Å²) in [5.74, 6) is -0.407. The minimum Gasteiger partial charge on any atom is -0.478 e. The molecule has 2 rings (SSSR count). The highest BCUT2D eigenvalue weighted by atomic mass is 32.1. The summed E-state index contributed by atoms with van der Waals surface area (Å²) in [7, 11) is 0. The second-order valence-corrected chi connectivity index (χ2v) is 5.06. The van der Waals surface area contributed by atoms with Gasteiger partial charge in [0.1, 0.15) is 5.82 Å². The van der Waals surface area contributed by atoms with Crippen LogP contribution in [0, 0.1) is 0 Å². The van der Waals surface area contributed by atoms with Crippen LogP contribution >= 0.6 is 11.3 Å². The monoisotopic (exact) mass is 277 g/mol. The Morgan fingerprint density at radius 2 is 2.37 bits per heavy atom. The molecular weight excluding hydrogens is 262 g/mol. The van der Waals surface area contributed by atoms with Crippen molar-refractivity contribution in [3.63, 3.8) is 0 Å². The van der Waals surface area contributed by atoms with E-state index in [9.17, 15) is 4.79 Å². The number of carboxylic acid groups (broad SMARTS) is 1. The zero-order chi connectivity index (χ0) is 13.8. The van der Waals surface area contributed by atoms with Crippen LogP contribution in [0.3, 0.4) is 0 Å². The normalized spacial score (nSPS) is 10.4. The molecule has 0 unspecified atom stereocenters. The fraction of sp³-hybridized carbons (Fsp3) is 0.231. The van der Waals surface area contributed by atoms with Crippen molar-refractivity contribution in [2.24, 2.45) is 0 Å². The van der Waals surface area contributed by atoms with E-state index in [0.29, 0.717) is 12.4 Å². The molecule has 0 saturated carbocycles. The minimum atomic E-state index is -1.03. The first-order valence-corrected chi connectivity index (χ1v) is 6.76. The number of thiophene rings is 1. The lowest BCUT2D eigenvalue weighted by Gasteiger charge is -2.21. The predicted octanol–water partition coefficient (Wildman–Crippen LogP) is 2.45. The summed E-state index contributed by atoms with van der Waals surface area (Å²) < 4.78 is 0.